The lowest BCUT2D eigenvalue weighted by Gasteiger charge is -2.38. The van der Waals surface area contributed by atoms with Crippen LogP contribution in [0.2, 0.25) is 5.02 Å². The van der Waals surface area contributed by atoms with Crippen LogP contribution >= 0.6 is 11.6 Å². The van der Waals surface area contributed by atoms with Crippen LogP contribution in [0.5, 0.6) is 0 Å². The van der Waals surface area contributed by atoms with Gasteiger partial charge in [-0.3, -0.25) is 0 Å². The highest BCUT2D eigenvalue weighted by molar-refractivity contribution is 7.91. The largest absolute Gasteiger partial charge is 0.382 e. The van der Waals surface area contributed by atoms with E-state index in [1.165, 1.54) is 0 Å². The number of hydrogen-bond donors (Lipinski definition) is 2. The summed E-state index contributed by atoms with van der Waals surface area (Å²) in [5, 5.41) is 4.95. The van der Waals surface area contributed by atoms with E-state index >= 15 is 0 Å². The molecule has 0 aliphatic carbocycles. The molecular formula is C22H23ClN4O3S. The summed E-state index contributed by atoms with van der Waals surface area (Å²) in [6.07, 6.45) is 0. The minimum absolute atomic E-state index is 0.0381. The van der Waals surface area contributed by atoms with Gasteiger partial charge in [0, 0.05) is 41.8 Å². The van der Waals surface area contributed by atoms with Gasteiger partial charge in [0.15, 0.2) is 9.84 Å². The van der Waals surface area contributed by atoms with Gasteiger partial charge in [-0.05, 0) is 29.8 Å². The number of benzene rings is 2. The molecule has 0 spiro atoms. The number of fused-ring (bicyclic) bond motifs is 2. The summed E-state index contributed by atoms with van der Waals surface area (Å²) in [5.74, 6) is 0.747. The van der Waals surface area contributed by atoms with E-state index in [1.807, 2.05) is 35.2 Å². The van der Waals surface area contributed by atoms with E-state index < -0.39 is 15.4 Å². The number of aromatic nitrogens is 1. The Morgan fingerprint density at radius 3 is 2.77 bits per heavy atom. The van der Waals surface area contributed by atoms with Crippen LogP contribution in [-0.2, 0) is 21.1 Å². The number of nitrogens with one attached hydrogen (secondary N) is 1. The van der Waals surface area contributed by atoms with E-state index in [9.17, 15) is 8.42 Å². The van der Waals surface area contributed by atoms with E-state index in [1.54, 1.807) is 18.2 Å². The van der Waals surface area contributed by atoms with Crippen LogP contribution in [0.4, 0.5) is 11.5 Å². The van der Waals surface area contributed by atoms with E-state index in [0.29, 0.717) is 48.6 Å². The first kappa shape index (κ1) is 20.5. The molecule has 162 valence electrons. The molecule has 2 aliphatic rings. The first-order valence-corrected chi connectivity index (χ1v) is 12.1. The average molecular weight is 459 g/mol. The molecule has 2 aliphatic heterocycles. The maximum Gasteiger partial charge on any atom is 0.180 e. The fraction of sp³-hybridized carbons (Fsp3) is 0.318. The predicted octanol–water partition coefficient (Wildman–Crippen LogP) is 2.82. The van der Waals surface area contributed by atoms with Gasteiger partial charge in [-0.25, -0.2) is 13.4 Å². The van der Waals surface area contributed by atoms with E-state index in [-0.39, 0.29) is 5.75 Å². The minimum atomic E-state index is -3.34. The highest BCUT2D eigenvalue weighted by atomic mass is 35.5. The minimum Gasteiger partial charge on any atom is -0.382 e. The maximum absolute atomic E-state index is 12.7. The lowest BCUT2D eigenvalue weighted by molar-refractivity contribution is -0.0461. The van der Waals surface area contributed by atoms with Gasteiger partial charge in [0.2, 0.25) is 0 Å². The molecule has 3 N–H and O–H groups in total. The Labute approximate surface area is 186 Å². The van der Waals surface area contributed by atoms with Crippen molar-refractivity contribution in [3.05, 3.63) is 59.1 Å². The van der Waals surface area contributed by atoms with Crippen molar-refractivity contribution < 1.29 is 13.2 Å². The van der Waals surface area contributed by atoms with Crippen LogP contribution in [0.15, 0.2) is 53.4 Å². The fourth-order valence-electron chi connectivity index (χ4n) is 3.99. The summed E-state index contributed by atoms with van der Waals surface area (Å²) in [6, 6.07) is 14.7. The SMILES string of the molecule is NC1(CNc2cc(N3CCS(=O)(=O)c4ccccc4C3)nc3ccc(Cl)cc23)COC1. The lowest BCUT2D eigenvalue weighted by Crippen LogP contribution is -2.61. The van der Waals surface area contributed by atoms with Crippen molar-refractivity contribution in [2.24, 2.45) is 5.73 Å². The van der Waals surface area contributed by atoms with Gasteiger partial charge in [-0.2, -0.15) is 0 Å². The van der Waals surface area contributed by atoms with Crippen molar-refractivity contribution in [1.82, 2.24) is 4.98 Å². The highest BCUT2D eigenvalue weighted by Crippen LogP contribution is 2.32. The van der Waals surface area contributed by atoms with Gasteiger partial charge in [0.05, 0.1) is 34.9 Å². The molecule has 0 unspecified atom stereocenters. The Bertz CT molecular complexity index is 1260. The van der Waals surface area contributed by atoms with Crippen LogP contribution in [0.3, 0.4) is 0 Å². The molecule has 31 heavy (non-hydrogen) atoms. The fourth-order valence-corrected chi connectivity index (χ4v) is 5.66. The molecule has 3 heterocycles. The van der Waals surface area contributed by atoms with Gasteiger partial charge in [-0.15, -0.1) is 0 Å². The maximum atomic E-state index is 12.7. The Hall–Kier alpha value is -2.39. The van der Waals surface area contributed by atoms with Gasteiger partial charge in [0.25, 0.3) is 0 Å². The Balaban J connectivity index is 1.54. The third-order valence-corrected chi connectivity index (χ3v) is 7.81. The molecule has 0 amide bonds. The van der Waals surface area contributed by atoms with Crippen LogP contribution < -0.4 is 16.0 Å². The zero-order valence-electron chi connectivity index (χ0n) is 16.8. The first-order valence-electron chi connectivity index (χ1n) is 10.1. The molecule has 0 bridgehead atoms. The zero-order chi connectivity index (χ0) is 21.6. The summed E-state index contributed by atoms with van der Waals surface area (Å²) < 4.78 is 30.7. The first-order chi connectivity index (χ1) is 14.8. The second kappa shape index (κ2) is 7.63. The number of halogens is 1. The topological polar surface area (TPSA) is 97.6 Å². The summed E-state index contributed by atoms with van der Waals surface area (Å²) in [6.45, 7) is 2.40. The summed E-state index contributed by atoms with van der Waals surface area (Å²) in [4.78, 5) is 7.23. The van der Waals surface area contributed by atoms with Crippen LogP contribution in [0, 0.1) is 0 Å². The molecule has 0 saturated carbocycles. The van der Waals surface area contributed by atoms with Crippen molar-refractivity contribution in [2.45, 2.75) is 17.0 Å². The van der Waals surface area contributed by atoms with E-state index in [0.717, 1.165) is 22.2 Å². The Morgan fingerprint density at radius 1 is 1.19 bits per heavy atom. The normalized spacial score (nSPS) is 19.4. The molecule has 1 fully saturated rings. The molecule has 7 nitrogen and oxygen atoms in total. The molecule has 0 radical (unpaired) electrons. The summed E-state index contributed by atoms with van der Waals surface area (Å²) >= 11 is 6.24. The molecule has 1 saturated heterocycles. The third-order valence-electron chi connectivity index (χ3n) is 5.79. The lowest BCUT2D eigenvalue weighted by atomic mass is 9.99. The number of anilines is 2. The summed E-state index contributed by atoms with van der Waals surface area (Å²) in [5.41, 5.74) is 8.32. The molecular weight excluding hydrogens is 436 g/mol. The number of rotatable bonds is 4. The van der Waals surface area contributed by atoms with Gasteiger partial charge < -0.3 is 20.7 Å². The van der Waals surface area contributed by atoms with E-state index in [4.69, 9.17) is 27.1 Å². The van der Waals surface area contributed by atoms with Crippen LogP contribution in [-0.4, -0.2) is 51.0 Å². The number of ether oxygens (including phenoxy) is 1. The molecule has 1 aromatic heterocycles. The standard InChI is InChI=1S/C22H23ClN4O3S/c23-16-5-6-18-17(9-16)19(25-12-22(24)13-30-14-22)10-21(26-18)27-7-8-31(28,29)20-4-2-1-3-15(20)11-27/h1-6,9-10H,7-8,11-14,24H2,(H,25,26). The monoisotopic (exact) mass is 458 g/mol. The third kappa shape index (κ3) is 3.96. The Kier molecular flexibility index (Phi) is 5.05. The summed E-state index contributed by atoms with van der Waals surface area (Å²) in [7, 11) is -3.34. The average Bonchev–Trinajstić information content (AvgIpc) is 2.87. The Morgan fingerprint density at radius 2 is 2.00 bits per heavy atom. The molecule has 0 atom stereocenters. The zero-order valence-corrected chi connectivity index (χ0v) is 18.4. The van der Waals surface area contributed by atoms with Gasteiger partial charge in [-0.1, -0.05) is 29.8 Å². The molecule has 2 aromatic carbocycles. The van der Waals surface area contributed by atoms with Crippen molar-refractivity contribution in [3.63, 3.8) is 0 Å². The second-order valence-corrected chi connectivity index (χ2v) is 10.8. The van der Waals surface area contributed by atoms with Crippen LogP contribution in [0.25, 0.3) is 10.9 Å². The van der Waals surface area contributed by atoms with Crippen molar-refractivity contribution >= 4 is 43.8 Å². The van der Waals surface area contributed by atoms with Crippen molar-refractivity contribution in [3.8, 4) is 0 Å². The quantitative estimate of drug-likeness (QED) is 0.620. The van der Waals surface area contributed by atoms with Gasteiger partial charge >= 0.3 is 0 Å². The number of pyridine rings is 1. The van der Waals surface area contributed by atoms with Crippen molar-refractivity contribution in [2.75, 3.05) is 42.3 Å². The van der Waals surface area contributed by atoms with Crippen molar-refractivity contribution in [1.29, 1.82) is 0 Å². The number of sulfone groups is 1. The van der Waals surface area contributed by atoms with Gasteiger partial charge in [0.1, 0.15) is 5.82 Å². The predicted molar refractivity (Wildman–Crippen MR) is 123 cm³/mol. The number of nitrogens with two attached hydrogens (primary N) is 1. The van der Waals surface area contributed by atoms with E-state index in [2.05, 4.69) is 5.32 Å². The molecule has 3 aromatic rings. The molecule has 5 rings (SSSR count). The smallest absolute Gasteiger partial charge is 0.180 e. The van der Waals surface area contributed by atoms with Crippen LogP contribution in [0.1, 0.15) is 5.56 Å². The highest BCUT2D eigenvalue weighted by Gasteiger charge is 2.34. The molecule has 9 heteroatoms. The number of hydrogen-bond acceptors (Lipinski definition) is 7. The second-order valence-electron chi connectivity index (χ2n) is 8.25. The number of nitrogens with zero attached hydrogens (tertiary/aromatic N) is 2.